The number of nitro benzene ring substituents is 1. The first-order valence-electron chi connectivity index (χ1n) is 8.05. The van der Waals surface area contributed by atoms with E-state index < -0.39 is 10.7 Å². The molecule has 0 aliphatic rings. The Hall–Kier alpha value is -3.68. The minimum absolute atomic E-state index is 0.0355. The van der Waals surface area contributed by atoms with Gasteiger partial charge < -0.3 is 14.0 Å². The number of ether oxygens (including phenoxy) is 2. The van der Waals surface area contributed by atoms with Crippen LogP contribution in [0.15, 0.2) is 54.9 Å². The van der Waals surface area contributed by atoms with E-state index in [0.29, 0.717) is 6.54 Å². The molecular formula is C19H17N3O5. The quantitative estimate of drug-likeness (QED) is 0.362. The number of hydrogen-bond donors (Lipinski definition) is 0. The summed E-state index contributed by atoms with van der Waals surface area (Å²) in [6, 6.07) is 12.2. The number of aromatic nitrogens is 2. The number of ketones is 1. The van der Waals surface area contributed by atoms with Crippen molar-refractivity contribution >= 4 is 11.5 Å². The molecule has 27 heavy (non-hydrogen) atoms. The number of benzene rings is 2. The minimum Gasteiger partial charge on any atom is -0.493 e. The van der Waals surface area contributed by atoms with Gasteiger partial charge >= 0.3 is 5.69 Å². The normalized spacial score (nSPS) is 10.4. The number of nitro groups is 1. The molecule has 0 N–H and O–H groups in total. The van der Waals surface area contributed by atoms with E-state index in [1.807, 2.05) is 30.3 Å². The van der Waals surface area contributed by atoms with Gasteiger partial charge in [-0.25, -0.2) is 4.98 Å². The molecule has 138 valence electrons. The second-order valence-corrected chi connectivity index (χ2v) is 5.68. The SMILES string of the molecule is COc1cc(C(=O)c2nccn2Cc2ccccc2)cc([N+](=O)[O-])c1OC. The summed E-state index contributed by atoms with van der Waals surface area (Å²) in [6.45, 7) is 0.456. The average molecular weight is 367 g/mol. The molecule has 2 aromatic carbocycles. The van der Waals surface area contributed by atoms with Crippen LogP contribution < -0.4 is 9.47 Å². The predicted octanol–water partition coefficient (Wildman–Crippen LogP) is 3.09. The fourth-order valence-electron chi connectivity index (χ4n) is 2.77. The van der Waals surface area contributed by atoms with Gasteiger partial charge in [0, 0.05) is 30.6 Å². The largest absolute Gasteiger partial charge is 0.493 e. The van der Waals surface area contributed by atoms with Crippen molar-refractivity contribution in [3.8, 4) is 11.5 Å². The van der Waals surface area contributed by atoms with Crippen molar-refractivity contribution in [1.82, 2.24) is 9.55 Å². The molecule has 3 aromatic rings. The Kier molecular flexibility index (Phi) is 5.16. The van der Waals surface area contributed by atoms with Crippen LogP contribution in [0.1, 0.15) is 21.7 Å². The summed E-state index contributed by atoms with van der Waals surface area (Å²) in [5.41, 5.74) is 0.754. The van der Waals surface area contributed by atoms with Crippen LogP contribution in [0, 0.1) is 10.1 Å². The monoisotopic (exact) mass is 367 g/mol. The fourth-order valence-corrected chi connectivity index (χ4v) is 2.77. The molecule has 0 saturated heterocycles. The van der Waals surface area contributed by atoms with Crippen molar-refractivity contribution in [2.45, 2.75) is 6.54 Å². The smallest absolute Gasteiger partial charge is 0.315 e. The molecule has 0 saturated carbocycles. The fraction of sp³-hybridized carbons (Fsp3) is 0.158. The molecule has 8 nitrogen and oxygen atoms in total. The maximum Gasteiger partial charge on any atom is 0.315 e. The standard InChI is InChI=1S/C19H17N3O5/c1-26-16-11-14(10-15(22(24)25)18(16)27-2)17(23)19-20-8-9-21(19)12-13-6-4-3-5-7-13/h3-11H,12H2,1-2H3. The van der Waals surface area contributed by atoms with Gasteiger partial charge in [-0.15, -0.1) is 0 Å². The van der Waals surface area contributed by atoms with Crippen molar-refractivity contribution in [2.75, 3.05) is 14.2 Å². The Bertz CT molecular complexity index is 982. The molecule has 0 aliphatic heterocycles. The Morgan fingerprint density at radius 2 is 1.93 bits per heavy atom. The van der Waals surface area contributed by atoms with E-state index in [0.717, 1.165) is 5.56 Å². The van der Waals surface area contributed by atoms with Gasteiger partial charge in [-0.3, -0.25) is 14.9 Å². The highest BCUT2D eigenvalue weighted by Crippen LogP contribution is 2.38. The Morgan fingerprint density at radius 3 is 2.56 bits per heavy atom. The molecule has 0 unspecified atom stereocenters. The lowest BCUT2D eigenvalue weighted by Crippen LogP contribution is -2.13. The summed E-state index contributed by atoms with van der Waals surface area (Å²) in [5.74, 6) is -0.191. The van der Waals surface area contributed by atoms with Gasteiger partial charge in [-0.1, -0.05) is 30.3 Å². The van der Waals surface area contributed by atoms with Gasteiger partial charge in [0.1, 0.15) is 0 Å². The molecule has 1 aromatic heterocycles. The van der Waals surface area contributed by atoms with Gasteiger partial charge in [-0.05, 0) is 11.6 Å². The molecule has 8 heteroatoms. The lowest BCUT2D eigenvalue weighted by molar-refractivity contribution is -0.385. The van der Waals surface area contributed by atoms with E-state index in [4.69, 9.17) is 9.47 Å². The molecule has 0 amide bonds. The van der Waals surface area contributed by atoms with Crippen LogP contribution in [0.4, 0.5) is 5.69 Å². The van der Waals surface area contributed by atoms with Crippen molar-refractivity contribution < 1.29 is 19.2 Å². The van der Waals surface area contributed by atoms with Crippen molar-refractivity contribution in [2.24, 2.45) is 0 Å². The minimum atomic E-state index is -0.616. The maximum absolute atomic E-state index is 13.0. The molecule has 0 radical (unpaired) electrons. The van der Waals surface area contributed by atoms with E-state index in [1.165, 1.54) is 32.5 Å². The van der Waals surface area contributed by atoms with Crippen LogP contribution in [0.25, 0.3) is 0 Å². The molecule has 1 heterocycles. The summed E-state index contributed by atoms with van der Waals surface area (Å²) < 4.78 is 11.9. The van der Waals surface area contributed by atoms with Gasteiger partial charge in [0.2, 0.25) is 11.5 Å². The first-order chi connectivity index (χ1) is 13.0. The predicted molar refractivity (Wildman–Crippen MR) is 97.4 cm³/mol. The summed E-state index contributed by atoms with van der Waals surface area (Å²) >= 11 is 0. The number of carbonyl (C=O) groups excluding carboxylic acids is 1. The average Bonchev–Trinajstić information content (AvgIpc) is 3.14. The topological polar surface area (TPSA) is 96.5 Å². The van der Waals surface area contributed by atoms with E-state index in [1.54, 1.807) is 10.8 Å². The second-order valence-electron chi connectivity index (χ2n) is 5.68. The number of imidazole rings is 1. The maximum atomic E-state index is 13.0. The number of rotatable bonds is 7. The van der Waals surface area contributed by atoms with Crippen LogP contribution in [0.2, 0.25) is 0 Å². The molecule has 0 fully saturated rings. The van der Waals surface area contributed by atoms with Crippen LogP contribution in [-0.4, -0.2) is 34.5 Å². The van der Waals surface area contributed by atoms with Gasteiger partial charge in [-0.2, -0.15) is 0 Å². The highest BCUT2D eigenvalue weighted by Gasteiger charge is 2.26. The Labute approximate surface area is 155 Å². The molecule has 0 aliphatic carbocycles. The molecule has 0 bridgehead atoms. The third kappa shape index (κ3) is 3.64. The van der Waals surface area contributed by atoms with Gasteiger partial charge in [0.05, 0.1) is 19.1 Å². The second kappa shape index (κ2) is 7.69. The van der Waals surface area contributed by atoms with Crippen molar-refractivity contribution in [3.05, 3.63) is 81.9 Å². The molecular weight excluding hydrogens is 350 g/mol. The van der Waals surface area contributed by atoms with Crippen molar-refractivity contribution in [1.29, 1.82) is 0 Å². The third-order valence-electron chi connectivity index (χ3n) is 4.03. The zero-order chi connectivity index (χ0) is 19.4. The highest BCUT2D eigenvalue weighted by molar-refractivity contribution is 6.07. The lowest BCUT2D eigenvalue weighted by atomic mass is 10.1. The lowest BCUT2D eigenvalue weighted by Gasteiger charge is -2.11. The van der Waals surface area contributed by atoms with E-state index in [2.05, 4.69) is 4.98 Å². The summed E-state index contributed by atoms with van der Waals surface area (Å²) in [4.78, 5) is 27.8. The van der Waals surface area contributed by atoms with Crippen LogP contribution in [0.3, 0.4) is 0 Å². The molecule has 0 atom stereocenters. The summed E-state index contributed by atoms with van der Waals surface area (Å²) in [7, 11) is 2.66. The van der Waals surface area contributed by atoms with Crippen LogP contribution in [0.5, 0.6) is 11.5 Å². The molecule has 0 spiro atoms. The number of hydrogen-bond acceptors (Lipinski definition) is 6. The number of nitrogens with zero attached hydrogens (tertiary/aromatic N) is 3. The number of carbonyl (C=O) groups is 1. The first kappa shape index (κ1) is 18.1. The van der Waals surface area contributed by atoms with Gasteiger partial charge in [0.15, 0.2) is 11.6 Å². The van der Waals surface area contributed by atoms with E-state index in [9.17, 15) is 14.9 Å². The first-order valence-corrected chi connectivity index (χ1v) is 8.05. The Balaban J connectivity index is 2.01. The summed E-state index contributed by atoms with van der Waals surface area (Å²) in [6.07, 6.45) is 3.21. The third-order valence-corrected chi connectivity index (χ3v) is 4.03. The van der Waals surface area contributed by atoms with Crippen LogP contribution in [-0.2, 0) is 6.54 Å². The zero-order valence-corrected chi connectivity index (χ0v) is 14.8. The summed E-state index contributed by atoms with van der Waals surface area (Å²) in [5, 5.41) is 11.4. The zero-order valence-electron chi connectivity index (χ0n) is 14.8. The van der Waals surface area contributed by atoms with E-state index >= 15 is 0 Å². The van der Waals surface area contributed by atoms with Crippen molar-refractivity contribution in [3.63, 3.8) is 0 Å². The van der Waals surface area contributed by atoms with Gasteiger partial charge in [0.25, 0.3) is 0 Å². The van der Waals surface area contributed by atoms with Crippen LogP contribution >= 0.6 is 0 Å². The Morgan fingerprint density at radius 1 is 1.19 bits per heavy atom. The highest BCUT2D eigenvalue weighted by atomic mass is 16.6. The molecule has 3 rings (SSSR count). The van der Waals surface area contributed by atoms with E-state index in [-0.39, 0.29) is 28.6 Å². The number of methoxy groups -OCH3 is 2.